The number of hydrogen-bond acceptors (Lipinski definition) is 4. The van der Waals surface area contributed by atoms with E-state index in [0.29, 0.717) is 5.76 Å². The minimum absolute atomic E-state index is 0.0399. The monoisotopic (exact) mass is 287 g/mol. The standard InChI is InChI=1S/C15H13NO3S/c1-9(12-3-4-13(19-12)15(17)18)16-11-2-5-14-10(8-11)6-7-20-14/h2-9,16H,1H3,(H,17,18). The van der Waals surface area contributed by atoms with Crippen molar-refractivity contribution >= 4 is 33.1 Å². The van der Waals surface area contributed by atoms with E-state index in [1.807, 2.05) is 13.0 Å². The van der Waals surface area contributed by atoms with Crippen LogP contribution in [-0.4, -0.2) is 11.1 Å². The maximum absolute atomic E-state index is 10.8. The first kappa shape index (κ1) is 12.7. The SMILES string of the molecule is CC(Nc1ccc2sccc2c1)c1ccc(C(=O)O)o1. The first-order valence-corrected chi connectivity index (χ1v) is 7.08. The Balaban J connectivity index is 1.80. The van der Waals surface area contributed by atoms with E-state index >= 15 is 0 Å². The molecule has 102 valence electrons. The predicted molar refractivity (Wildman–Crippen MR) is 79.5 cm³/mol. The second kappa shape index (κ2) is 5.02. The van der Waals surface area contributed by atoms with Gasteiger partial charge in [-0.25, -0.2) is 4.79 Å². The average molecular weight is 287 g/mol. The molecule has 1 atom stereocenters. The minimum Gasteiger partial charge on any atom is -0.475 e. The van der Waals surface area contributed by atoms with Crippen molar-refractivity contribution in [2.24, 2.45) is 0 Å². The second-order valence-corrected chi connectivity index (χ2v) is 5.49. The fourth-order valence-electron chi connectivity index (χ4n) is 2.08. The molecule has 1 unspecified atom stereocenters. The average Bonchev–Trinajstić information content (AvgIpc) is 3.07. The number of rotatable bonds is 4. The fraction of sp³-hybridized carbons (Fsp3) is 0.133. The molecule has 0 radical (unpaired) electrons. The molecular weight excluding hydrogens is 274 g/mol. The van der Waals surface area contributed by atoms with Gasteiger partial charge in [0.1, 0.15) is 5.76 Å². The third-order valence-corrected chi connectivity index (χ3v) is 4.00. The molecule has 3 rings (SSSR count). The van der Waals surface area contributed by atoms with Crippen molar-refractivity contribution in [3.8, 4) is 0 Å². The molecule has 5 heteroatoms. The number of carboxylic acid groups (broad SMARTS) is 1. The Morgan fingerprint density at radius 2 is 2.15 bits per heavy atom. The van der Waals surface area contributed by atoms with E-state index in [-0.39, 0.29) is 11.8 Å². The molecule has 0 aliphatic rings. The molecule has 0 saturated carbocycles. The summed E-state index contributed by atoms with van der Waals surface area (Å²) in [5, 5.41) is 15.4. The maximum Gasteiger partial charge on any atom is 0.371 e. The van der Waals surface area contributed by atoms with Crippen molar-refractivity contribution in [2.45, 2.75) is 13.0 Å². The summed E-state index contributed by atoms with van der Waals surface area (Å²) in [4.78, 5) is 10.8. The number of benzene rings is 1. The number of carbonyl (C=O) groups is 1. The lowest BCUT2D eigenvalue weighted by molar-refractivity contribution is 0.0660. The molecule has 0 saturated heterocycles. The number of carboxylic acids is 1. The van der Waals surface area contributed by atoms with Crippen LogP contribution in [0.3, 0.4) is 0 Å². The Morgan fingerprint density at radius 1 is 1.30 bits per heavy atom. The lowest BCUT2D eigenvalue weighted by atomic mass is 10.2. The second-order valence-electron chi connectivity index (χ2n) is 4.55. The van der Waals surface area contributed by atoms with Gasteiger partial charge in [-0.1, -0.05) is 0 Å². The van der Waals surface area contributed by atoms with Crippen molar-refractivity contribution < 1.29 is 14.3 Å². The Morgan fingerprint density at radius 3 is 2.90 bits per heavy atom. The van der Waals surface area contributed by atoms with E-state index in [1.165, 1.54) is 16.2 Å². The van der Waals surface area contributed by atoms with Crippen LogP contribution in [0.5, 0.6) is 0 Å². The highest BCUT2D eigenvalue weighted by atomic mass is 32.1. The number of fused-ring (bicyclic) bond motifs is 1. The van der Waals surface area contributed by atoms with Gasteiger partial charge < -0.3 is 14.8 Å². The lowest BCUT2D eigenvalue weighted by Gasteiger charge is -2.13. The molecule has 0 amide bonds. The van der Waals surface area contributed by atoms with E-state index in [2.05, 4.69) is 28.9 Å². The largest absolute Gasteiger partial charge is 0.475 e. The fourth-order valence-corrected chi connectivity index (χ4v) is 2.85. The van der Waals surface area contributed by atoms with Crippen molar-refractivity contribution in [2.75, 3.05) is 5.32 Å². The van der Waals surface area contributed by atoms with Gasteiger partial charge in [0.15, 0.2) is 0 Å². The van der Waals surface area contributed by atoms with Crippen LogP contribution in [0.25, 0.3) is 10.1 Å². The van der Waals surface area contributed by atoms with Crippen molar-refractivity contribution in [1.29, 1.82) is 0 Å². The highest BCUT2D eigenvalue weighted by Gasteiger charge is 2.14. The number of thiophene rings is 1. The van der Waals surface area contributed by atoms with E-state index < -0.39 is 5.97 Å². The van der Waals surface area contributed by atoms with Gasteiger partial charge in [0, 0.05) is 10.4 Å². The van der Waals surface area contributed by atoms with Gasteiger partial charge >= 0.3 is 5.97 Å². The topological polar surface area (TPSA) is 62.5 Å². The van der Waals surface area contributed by atoms with E-state index in [9.17, 15) is 4.79 Å². The number of aromatic carboxylic acids is 1. The summed E-state index contributed by atoms with van der Waals surface area (Å²) in [6.45, 7) is 1.93. The molecule has 0 fully saturated rings. The normalized spacial score (nSPS) is 12.4. The minimum atomic E-state index is -1.05. The van der Waals surface area contributed by atoms with Gasteiger partial charge in [0.2, 0.25) is 5.76 Å². The van der Waals surface area contributed by atoms with Gasteiger partial charge in [-0.3, -0.25) is 0 Å². The van der Waals surface area contributed by atoms with Crippen LogP contribution in [0.15, 0.2) is 46.2 Å². The van der Waals surface area contributed by atoms with Crippen LogP contribution in [0.4, 0.5) is 5.69 Å². The lowest BCUT2D eigenvalue weighted by Crippen LogP contribution is -2.05. The van der Waals surface area contributed by atoms with Gasteiger partial charge in [0.25, 0.3) is 0 Å². The Hall–Kier alpha value is -2.27. The van der Waals surface area contributed by atoms with Crippen LogP contribution in [-0.2, 0) is 0 Å². The highest BCUT2D eigenvalue weighted by Crippen LogP contribution is 2.27. The summed E-state index contributed by atoms with van der Waals surface area (Å²) in [5.41, 5.74) is 0.983. The zero-order valence-corrected chi connectivity index (χ0v) is 11.6. The predicted octanol–water partition coefficient (Wildman–Crippen LogP) is 4.37. The summed E-state index contributed by atoms with van der Waals surface area (Å²) in [6, 6.07) is 11.3. The van der Waals surface area contributed by atoms with E-state index in [1.54, 1.807) is 17.4 Å². The summed E-state index contributed by atoms with van der Waals surface area (Å²) in [7, 11) is 0. The summed E-state index contributed by atoms with van der Waals surface area (Å²) < 4.78 is 6.54. The number of furan rings is 1. The van der Waals surface area contributed by atoms with E-state index in [4.69, 9.17) is 9.52 Å². The molecule has 1 aromatic carbocycles. The van der Waals surface area contributed by atoms with Crippen LogP contribution >= 0.6 is 11.3 Å². The third kappa shape index (κ3) is 2.40. The maximum atomic E-state index is 10.8. The zero-order valence-electron chi connectivity index (χ0n) is 10.8. The summed E-state index contributed by atoms with van der Waals surface area (Å²) in [5.74, 6) is -0.488. The summed E-state index contributed by atoms with van der Waals surface area (Å²) >= 11 is 1.71. The van der Waals surface area contributed by atoms with Crippen molar-refractivity contribution in [3.63, 3.8) is 0 Å². The molecular formula is C15H13NO3S. The molecule has 2 heterocycles. The quantitative estimate of drug-likeness (QED) is 0.748. The molecule has 20 heavy (non-hydrogen) atoms. The molecule has 4 nitrogen and oxygen atoms in total. The first-order chi connectivity index (χ1) is 9.63. The van der Waals surface area contributed by atoms with Crippen molar-refractivity contribution in [1.82, 2.24) is 0 Å². The molecule has 0 aliphatic carbocycles. The van der Waals surface area contributed by atoms with E-state index in [0.717, 1.165) is 5.69 Å². The molecule has 3 aromatic rings. The number of hydrogen-bond donors (Lipinski definition) is 2. The van der Waals surface area contributed by atoms with Gasteiger partial charge in [-0.2, -0.15) is 0 Å². The molecule has 0 aliphatic heterocycles. The van der Waals surface area contributed by atoms with Gasteiger partial charge in [-0.15, -0.1) is 11.3 Å². The summed E-state index contributed by atoms with van der Waals surface area (Å²) in [6.07, 6.45) is 0. The van der Waals surface area contributed by atoms with Crippen LogP contribution in [0, 0.1) is 0 Å². The number of nitrogens with one attached hydrogen (secondary N) is 1. The Bertz CT molecular complexity index is 759. The highest BCUT2D eigenvalue weighted by molar-refractivity contribution is 7.17. The third-order valence-electron chi connectivity index (χ3n) is 3.10. The van der Waals surface area contributed by atoms with Crippen LogP contribution in [0.2, 0.25) is 0 Å². The van der Waals surface area contributed by atoms with Gasteiger partial charge in [-0.05, 0) is 54.1 Å². The molecule has 0 spiro atoms. The van der Waals surface area contributed by atoms with Crippen LogP contribution < -0.4 is 5.32 Å². The molecule has 2 N–H and O–H groups in total. The Kier molecular flexibility index (Phi) is 3.20. The Labute approximate surface area is 119 Å². The van der Waals surface area contributed by atoms with Crippen molar-refractivity contribution in [3.05, 3.63) is 53.3 Å². The molecule has 0 bridgehead atoms. The molecule has 2 aromatic heterocycles. The first-order valence-electron chi connectivity index (χ1n) is 6.20. The smallest absolute Gasteiger partial charge is 0.371 e. The number of anilines is 1. The zero-order chi connectivity index (χ0) is 14.1. The van der Waals surface area contributed by atoms with Gasteiger partial charge in [0.05, 0.1) is 6.04 Å². The van der Waals surface area contributed by atoms with Crippen LogP contribution in [0.1, 0.15) is 29.3 Å².